The summed E-state index contributed by atoms with van der Waals surface area (Å²) in [5, 5.41) is 3.86. The first kappa shape index (κ1) is 9.21. The number of aromatic nitrogens is 3. The van der Waals surface area contributed by atoms with E-state index in [1.807, 2.05) is 0 Å². The van der Waals surface area contributed by atoms with E-state index in [9.17, 15) is 0 Å². The topological polar surface area (TPSA) is 66.0 Å². The van der Waals surface area contributed by atoms with Crippen molar-refractivity contribution in [3.05, 3.63) is 17.4 Å². The van der Waals surface area contributed by atoms with Crippen LogP contribution in [-0.2, 0) is 11.5 Å². The van der Waals surface area contributed by atoms with E-state index in [-0.39, 0.29) is 5.95 Å². The number of hydrogen-bond acceptors (Lipinski definition) is 4. The fraction of sp³-hybridized carbons (Fsp3) is 0.333. The lowest BCUT2D eigenvalue weighted by molar-refractivity contribution is 0.0892. The summed E-state index contributed by atoms with van der Waals surface area (Å²) < 4.78 is 7.19. The quantitative estimate of drug-likeness (QED) is 0.616. The van der Waals surface area contributed by atoms with Crippen LogP contribution in [-0.4, -0.2) is 21.4 Å². The monoisotopic (exact) mass is 232 g/mol. The maximum atomic E-state index is 5.33. The summed E-state index contributed by atoms with van der Waals surface area (Å²) in [4.78, 5) is 3.83. The van der Waals surface area contributed by atoms with E-state index in [1.165, 1.54) is 4.68 Å². The molecule has 2 N–H and O–H groups in total. The summed E-state index contributed by atoms with van der Waals surface area (Å²) in [5.41, 5.74) is 5.33. The molecule has 0 aliphatic rings. The average molecular weight is 233 g/mol. The fourth-order valence-corrected chi connectivity index (χ4v) is 1.01. The van der Waals surface area contributed by atoms with Gasteiger partial charge in [0.05, 0.1) is 6.61 Å². The maximum Gasteiger partial charge on any atom is 0.240 e. The zero-order valence-corrected chi connectivity index (χ0v) is 7.99. The number of nitrogens with zero attached hydrogens (tertiary/aromatic N) is 3. The van der Waals surface area contributed by atoms with Gasteiger partial charge in [0.1, 0.15) is 6.73 Å². The SMILES string of the molecule is C=CCOCn1nc(N)nc1Br. The Bertz CT molecular complexity index is 273. The van der Waals surface area contributed by atoms with Crippen LogP contribution in [0, 0.1) is 0 Å². The lowest BCUT2D eigenvalue weighted by Crippen LogP contribution is -2.05. The van der Waals surface area contributed by atoms with Gasteiger partial charge in [-0.1, -0.05) is 6.08 Å². The summed E-state index contributed by atoms with van der Waals surface area (Å²) in [6.07, 6.45) is 1.66. The second-order valence-electron chi connectivity index (χ2n) is 2.03. The molecule has 0 unspecified atom stereocenters. The molecule has 0 fully saturated rings. The van der Waals surface area contributed by atoms with Crippen LogP contribution < -0.4 is 5.73 Å². The molecule has 1 aromatic heterocycles. The van der Waals surface area contributed by atoms with Crippen molar-refractivity contribution < 1.29 is 4.74 Å². The highest BCUT2D eigenvalue weighted by molar-refractivity contribution is 9.10. The molecule has 0 aromatic carbocycles. The van der Waals surface area contributed by atoms with Crippen molar-refractivity contribution in [2.75, 3.05) is 12.3 Å². The highest BCUT2D eigenvalue weighted by Crippen LogP contribution is 2.07. The molecule has 1 rings (SSSR count). The van der Waals surface area contributed by atoms with E-state index in [0.717, 1.165) is 0 Å². The molecule has 0 spiro atoms. The minimum atomic E-state index is 0.226. The average Bonchev–Trinajstić information content (AvgIpc) is 2.31. The first-order valence-corrected chi connectivity index (χ1v) is 4.08. The van der Waals surface area contributed by atoms with Gasteiger partial charge in [0.2, 0.25) is 5.95 Å². The number of nitrogen functional groups attached to an aromatic ring is 1. The summed E-state index contributed by atoms with van der Waals surface area (Å²) >= 11 is 3.17. The molecule has 1 aromatic rings. The van der Waals surface area contributed by atoms with Crippen LogP contribution in [0.1, 0.15) is 0 Å². The molecule has 0 saturated carbocycles. The standard InChI is InChI=1S/C6H9BrN4O/c1-2-3-12-4-11-5(7)9-6(8)10-11/h2H,1,3-4H2,(H2,8,10). The molecule has 66 valence electrons. The molecular weight excluding hydrogens is 224 g/mol. The van der Waals surface area contributed by atoms with Crippen molar-refractivity contribution in [2.45, 2.75) is 6.73 Å². The van der Waals surface area contributed by atoms with Crippen molar-refractivity contribution in [3.63, 3.8) is 0 Å². The number of anilines is 1. The third-order valence-electron chi connectivity index (χ3n) is 1.09. The lowest BCUT2D eigenvalue weighted by Gasteiger charge is -2.00. The van der Waals surface area contributed by atoms with Crippen LogP contribution in [0.4, 0.5) is 5.95 Å². The number of nitrogens with two attached hydrogens (primary N) is 1. The van der Waals surface area contributed by atoms with Crippen molar-refractivity contribution in [1.82, 2.24) is 14.8 Å². The minimum Gasteiger partial charge on any atom is -0.366 e. The van der Waals surface area contributed by atoms with Gasteiger partial charge in [-0.25, -0.2) is 4.68 Å². The number of ether oxygens (including phenoxy) is 1. The van der Waals surface area contributed by atoms with E-state index in [4.69, 9.17) is 10.5 Å². The summed E-state index contributed by atoms with van der Waals surface area (Å²) in [6.45, 7) is 4.31. The van der Waals surface area contributed by atoms with Gasteiger partial charge in [-0.15, -0.1) is 11.7 Å². The molecule has 0 amide bonds. The van der Waals surface area contributed by atoms with Gasteiger partial charge in [-0.3, -0.25) is 0 Å². The van der Waals surface area contributed by atoms with Gasteiger partial charge in [0.15, 0.2) is 4.73 Å². The van der Waals surface area contributed by atoms with Gasteiger partial charge in [0.25, 0.3) is 0 Å². The van der Waals surface area contributed by atoms with Crippen LogP contribution in [0.5, 0.6) is 0 Å². The first-order valence-electron chi connectivity index (χ1n) is 3.28. The molecule has 0 saturated heterocycles. The molecule has 0 bridgehead atoms. The van der Waals surface area contributed by atoms with Crippen LogP contribution in [0.15, 0.2) is 17.4 Å². The predicted octanol–water partition coefficient (Wildman–Crippen LogP) is 0.783. The Morgan fingerprint density at radius 1 is 1.75 bits per heavy atom. The van der Waals surface area contributed by atoms with E-state index < -0.39 is 0 Å². The first-order chi connectivity index (χ1) is 5.74. The van der Waals surface area contributed by atoms with E-state index >= 15 is 0 Å². The van der Waals surface area contributed by atoms with Gasteiger partial charge >= 0.3 is 0 Å². The normalized spacial score (nSPS) is 10.1. The highest BCUT2D eigenvalue weighted by Gasteiger charge is 2.02. The number of halogens is 1. The highest BCUT2D eigenvalue weighted by atomic mass is 79.9. The van der Waals surface area contributed by atoms with Gasteiger partial charge in [-0.2, -0.15) is 4.98 Å². The van der Waals surface area contributed by atoms with Crippen molar-refractivity contribution >= 4 is 21.9 Å². The minimum absolute atomic E-state index is 0.226. The second-order valence-corrected chi connectivity index (χ2v) is 2.74. The molecule has 0 atom stereocenters. The molecule has 1 heterocycles. The molecule has 0 aliphatic heterocycles. The van der Waals surface area contributed by atoms with Crippen molar-refractivity contribution in [1.29, 1.82) is 0 Å². The largest absolute Gasteiger partial charge is 0.366 e. The molecule has 0 aliphatic carbocycles. The summed E-state index contributed by atoms with van der Waals surface area (Å²) in [5.74, 6) is 0.226. The zero-order valence-electron chi connectivity index (χ0n) is 6.40. The van der Waals surface area contributed by atoms with Crippen LogP contribution in [0.25, 0.3) is 0 Å². The summed E-state index contributed by atoms with van der Waals surface area (Å²) in [6, 6.07) is 0. The van der Waals surface area contributed by atoms with E-state index in [0.29, 0.717) is 18.1 Å². The van der Waals surface area contributed by atoms with Crippen LogP contribution >= 0.6 is 15.9 Å². The second kappa shape index (κ2) is 4.22. The Labute approximate surface area is 78.3 Å². The fourth-order valence-electron chi connectivity index (χ4n) is 0.644. The molecule has 6 heteroatoms. The van der Waals surface area contributed by atoms with Crippen LogP contribution in [0.3, 0.4) is 0 Å². The Kier molecular flexibility index (Phi) is 3.24. The lowest BCUT2D eigenvalue weighted by atomic mass is 10.7. The zero-order chi connectivity index (χ0) is 8.97. The Morgan fingerprint density at radius 3 is 3.00 bits per heavy atom. The summed E-state index contributed by atoms with van der Waals surface area (Å²) in [7, 11) is 0. The number of rotatable bonds is 4. The maximum absolute atomic E-state index is 5.33. The smallest absolute Gasteiger partial charge is 0.240 e. The molecule has 12 heavy (non-hydrogen) atoms. The molecule has 5 nitrogen and oxygen atoms in total. The Balaban J connectivity index is 2.50. The predicted molar refractivity (Wildman–Crippen MR) is 48.3 cm³/mol. The molecular formula is C6H9BrN4O. The van der Waals surface area contributed by atoms with Gasteiger partial charge in [0, 0.05) is 0 Å². The van der Waals surface area contributed by atoms with E-state index in [2.05, 4.69) is 32.6 Å². The number of hydrogen-bond donors (Lipinski definition) is 1. The molecule has 0 radical (unpaired) electrons. The van der Waals surface area contributed by atoms with Gasteiger partial charge in [-0.05, 0) is 15.9 Å². The van der Waals surface area contributed by atoms with Crippen molar-refractivity contribution in [2.24, 2.45) is 0 Å². The van der Waals surface area contributed by atoms with Crippen LogP contribution in [0.2, 0.25) is 0 Å². The third kappa shape index (κ3) is 2.31. The van der Waals surface area contributed by atoms with E-state index in [1.54, 1.807) is 6.08 Å². The van der Waals surface area contributed by atoms with Gasteiger partial charge < -0.3 is 10.5 Å². The third-order valence-corrected chi connectivity index (χ3v) is 1.68. The Morgan fingerprint density at radius 2 is 2.50 bits per heavy atom. The Hall–Kier alpha value is -0.880. The van der Waals surface area contributed by atoms with Crippen molar-refractivity contribution in [3.8, 4) is 0 Å².